The van der Waals surface area contributed by atoms with Crippen molar-refractivity contribution in [3.63, 3.8) is 0 Å². The molecule has 0 saturated heterocycles. The summed E-state index contributed by atoms with van der Waals surface area (Å²) >= 11 is -1.72. The number of benzene rings is 6. The van der Waals surface area contributed by atoms with E-state index in [1.165, 1.54) is 60.1 Å². The molecule has 8 aromatic rings. The summed E-state index contributed by atoms with van der Waals surface area (Å²) in [6, 6.07) is 57.4. The van der Waals surface area contributed by atoms with Gasteiger partial charge in [0.15, 0.2) is 0 Å². The third-order valence-corrected chi connectivity index (χ3v) is 15.0. The Bertz CT molecular complexity index is 2620. The molecular formula is C46H32Cl2O2Zr. The molecule has 6 aromatic carbocycles. The van der Waals surface area contributed by atoms with Crippen molar-refractivity contribution in [3.05, 3.63) is 214 Å². The number of hydrogen-bond acceptors (Lipinski definition) is 2. The van der Waals surface area contributed by atoms with Crippen molar-refractivity contribution >= 4 is 65.1 Å². The normalized spacial score (nSPS) is 18.7. The van der Waals surface area contributed by atoms with Crippen LogP contribution in [0.4, 0.5) is 0 Å². The van der Waals surface area contributed by atoms with Gasteiger partial charge in [-0.15, -0.1) is 24.8 Å². The predicted molar refractivity (Wildman–Crippen MR) is 208 cm³/mol. The first-order chi connectivity index (χ1) is 24.3. The minimum absolute atomic E-state index is 0. The van der Waals surface area contributed by atoms with Crippen molar-refractivity contribution in [2.75, 3.05) is 0 Å². The molecule has 0 radical (unpaired) electrons. The summed E-state index contributed by atoms with van der Waals surface area (Å²) in [6.07, 6.45) is 8.63. The number of fused-ring (bicyclic) bond motifs is 4. The van der Waals surface area contributed by atoms with Crippen LogP contribution in [0.25, 0.3) is 40.3 Å². The molecule has 10 rings (SSSR count). The maximum absolute atomic E-state index is 6.53. The molecule has 246 valence electrons. The molecule has 0 N–H and O–H groups in total. The topological polar surface area (TPSA) is 26.3 Å². The van der Waals surface area contributed by atoms with E-state index in [1.807, 2.05) is 24.7 Å². The van der Waals surface area contributed by atoms with Crippen LogP contribution in [0, 0.1) is 0 Å². The van der Waals surface area contributed by atoms with E-state index in [0.717, 1.165) is 11.5 Å². The van der Waals surface area contributed by atoms with Gasteiger partial charge >= 0.3 is 297 Å². The largest absolute Gasteiger partial charge is 0.147 e. The van der Waals surface area contributed by atoms with Crippen molar-refractivity contribution in [3.8, 4) is 0 Å². The summed E-state index contributed by atoms with van der Waals surface area (Å²) < 4.78 is 16.0. The summed E-state index contributed by atoms with van der Waals surface area (Å²) in [5.74, 6) is 1.92. The Morgan fingerprint density at radius 2 is 0.804 bits per heavy atom. The molecule has 0 aliphatic heterocycles. The zero-order valence-corrected chi connectivity index (χ0v) is 31.5. The first kappa shape index (κ1) is 33.5. The van der Waals surface area contributed by atoms with Gasteiger partial charge in [-0.2, -0.15) is 0 Å². The Balaban J connectivity index is 0.00000187. The van der Waals surface area contributed by atoms with Crippen LogP contribution < -0.4 is 20.9 Å². The SMILES string of the molecule is C1=c2ccccc2=[C]([Zr][C]2=c3ccccc3=CC2(c2ccco2)c2cccc3ccccc23)C1(c1ccco1)c1cccc2ccccc12.Cl.Cl. The fourth-order valence-corrected chi connectivity index (χ4v) is 13.4. The van der Waals surface area contributed by atoms with Crippen LogP contribution in [-0.2, 0) is 34.1 Å². The van der Waals surface area contributed by atoms with Gasteiger partial charge < -0.3 is 0 Å². The Morgan fingerprint density at radius 1 is 0.392 bits per heavy atom. The van der Waals surface area contributed by atoms with E-state index < -0.39 is 34.1 Å². The first-order valence-corrected chi connectivity index (χ1v) is 19.2. The molecule has 2 aliphatic rings. The monoisotopic (exact) mass is 776 g/mol. The third kappa shape index (κ3) is 4.94. The van der Waals surface area contributed by atoms with Crippen LogP contribution in [-0.4, -0.2) is 0 Å². The zero-order valence-electron chi connectivity index (χ0n) is 27.5. The summed E-state index contributed by atoms with van der Waals surface area (Å²) in [6.45, 7) is 0. The summed E-state index contributed by atoms with van der Waals surface area (Å²) in [5, 5.41) is 10.1. The third-order valence-electron chi connectivity index (χ3n) is 10.5. The van der Waals surface area contributed by atoms with Crippen molar-refractivity contribution in [1.29, 1.82) is 0 Å². The maximum Gasteiger partial charge on any atom is -0.147 e. The summed E-state index contributed by atoms with van der Waals surface area (Å²) in [5.41, 5.74) is 1.38. The molecule has 2 aliphatic carbocycles. The molecule has 0 amide bonds. The van der Waals surface area contributed by atoms with E-state index in [4.69, 9.17) is 8.83 Å². The van der Waals surface area contributed by atoms with Crippen molar-refractivity contribution in [1.82, 2.24) is 0 Å². The van der Waals surface area contributed by atoms with Gasteiger partial charge in [-0.05, 0) is 0 Å². The van der Waals surface area contributed by atoms with Crippen LogP contribution in [0.15, 0.2) is 179 Å². The second-order valence-corrected chi connectivity index (χ2v) is 16.0. The Labute approximate surface area is 319 Å². The molecule has 5 heteroatoms. The fourth-order valence-electron chi connectivity index (χ4n) is 8.42. The minimum atomic E-state index is -1.72. The van der Waals surface area contributed by atoms with E-state index >= 15 is 0 Å². The molecule has 0 bridgehead atoms. The predicted octanol–water partition coefficient (Wildman–Crippen LogP) is 8.58. The van der Waals surface area contributed by atoms with Crippen LogP contribution in [0.5, 0.6) is 0 Å². The van der Waals surface area contributed by atoms with E-state index in [-0.39, 0.29) is 24.8 Å². The average molecular weight is 779 g/mol. The van der Waals surface area contributed by atoms with Crippen LogP contribution in [0.3, 0.4) is 0 Å². The molecule has 2 aromatic heterocycles. The standard InChI is InChI=1S/2C23H15O.2ClH.Zr/c2*1-2-9-19-16-23(15-18(19)8-1,22-13-6-14-24-22)21-12-5-10-17-7-3-4-11-20(17)21;;;/h2*1-15H;2*1H;. The van der Waals surface area contributed by atoms with Gasteiger partial charge in [0, 0.05) is 0 Å². The fraction of sp³-hybridized carbons (Fsp3) is 0.0435. The van der Waals surface area contributed by atoms with Gasteiger partial charge in [0.05, 0.1) is 0 Å². The van der Waals surface area contributed by atoms with E-state index in [1.54, 1.807) is 0 Å². The van der Waals surface area contributed by atoms with Gasteiger partial charge in [0.25, 0.3) is 0 Å². The first-order valence-electron chi connectivity index (χ1n) is 16.7. The molecule has 2 atom stereocenters. The number of rotatable bonds is 6. The number of hydrogen-bond donors (Lipinski definition) is 0. The smallest absolute Gasteiger partial charge is 0.147 e. The van der Waals surface area contributed by atoms with Gasteiger partial charge in [0.2, 0.25) is 0 Å². The minimum Gasteiger partial charge on any atom is -0.147 e. The Morgan fingerprint density at radius 3 is 1.25 bits per heavy atom. The van der Waals surface area contributed by atoms with Gasteiger partial charge in [-0.1, -0.05) is 0 Å². The molecule has 2 unspecified atom stereocenters. The van der Waals surface area contributed by atoms with Crippen molar-refractivity contribution in [2.45, 2.75) is 10.8 Å². The molecular weight excluding hydrogens is 747 g/mol. The summed E-state index contributed by atoms with van der Waals surface area (Å²) in [7, 11) is 0. The maximum atomic E-state index is 6.53. The van der Waals surface area contributed by atoms with Gasteiger partial charge in [-0.25, -0.2) is 0 Å². The number of furan rings is 2. The van der Waals surface area contributed by atoms with E-state index in [9.17, 15) is 0 Å². The number of halogens is 2. The van der Waals surface area contributed by atoms with Crippen molar-refractivity contribution in [2.24, 2.45) is 0 Å². The average Bonchev–Trinajstić information content (AvgIpc) is 3.98. The Hall–Kier alpha value is -4.66. The molecule has 2 heterocycles. The summed E-state index contributed by atoms with van der Waals surface area (Å²) in [4.78, 5) is 0. The van der Waals surface area contributed by atoms with Crippen molar-refractivity contribution < 1.29 is 32.1 Å². The molecule has 0 spiro atoms. The van der Waals surface area contributed by atoms with Gasteiger partial charge in [-0.3, -0.25) is 0 Å². The second kappa shape index (κ2) is 13.1. The zero-order chi connectivity index (χ0) is 32.4. The van der Waals surface area contributed by atoms with Crippen LogP contribution in [0.2, 0.25) is 0 Å². The Kier molecular flexibility index (Phi) is 8.63. The van der Waals surface area contributed by atoms with Gasteiger partial charge in [0.1, 0.15) is 0 Å². The van der Waals surface area contributed by atoms with Crippen LogP contribution in [0.1, 0.15) is 22.6 Å². The quantitative estimate of drug-likeness (QED) is 0.169. The molecule has 2 nitrogen and oxygen atoms in total. The van der Waals surface area contributed by atoms with E-state index in [2.05, 4.69) is 158 Å². The molecule has 0 fully saturated rings. The second-order valence-electron chi connectivity index (χ2n) is 13.0. The van der Waals surface area contributed by atoms with Crippen LogP contribution >= 0.6 is 24.8 Å². The van der Waals surface area contributed by atoms with E-state index in [0.29, 0.717) is 0 Å². The molecule has 0 saturated carbocycles. The molecule has 51 heavy (non-hydrogen) atoms.